The van der Waals surface area contributed by atoms with E-state index in [-0.39, 0.29) is 0 Å². The Hall–Kier alpha value is -0.830. The Morgan fingerprint density at radius 2 is 2.06 bits per heavy atom. The molecule has 2 rings (SSSR count). The zero-order valence-electron chi connectivity index (χ0n) is 10.6. The molecule has 0 saturated carbocycles. The van der Waals surface area contributed by atoms with E-state index in [0.717, 1.165) is 23.1 Å². The van der Waals surface area contributed by atoms with Crippen molar-refractivity contribution in [1.29, 1.82) is 0 Å². The van der Waals surface area contributed by atoms with Crippen molar-refractivity contribution in [3.05, 3.63) is 28.2 Å². The van der Waals surface area contributed by atoms with Crippen LogP contribution in [0.25, 0.3) is 0 Å². The first-order valence-electron chi connectivity index (χ1n) is 6.00. The van der Waals surface area contributed by atoms with Gasteiger partial charge in [0.2, 0.25) is 0 Å². The van der Waals surface area contributed by atoms with Gasteiger partial charge in [0, 0.05) is 17.4 Å². The van der Waals surface area contributed by atoms with Gasteiger partial charge in [-0.2, -0.15) is 0 Å². The molecule has 1 heterocycles. The summed E-state index contributed by atoms with van der Waals surface area (Å²) >= 11 is 3.60. The molecule has 1 aromatic rings. The van der Waals surface area contributed by atoms with Gasteiger partial charge >= 0.3 is 0 Å². The fourth-order valence-corrected chi connectivity index (χ4v) is 3.09. The highest BCUT2D eigenvalue weighted by Gasteiger charge is 2.37. The molecule has 92 valence electrons. The normalized spacial score (nSPS) is 19.5. The number of benzene rings is 1. The minimum atomic E-state index is -0.393. The van der Waals surface area contributed by atoms with Crippen LogP contribution < -0.4 is 4.90 Å². The summed E-state index contributed by atoms with van der Waals surface area (Å²) in [5.41, 5.74) is 1.95. The van der Waals surface area contributed by atoms with Crippen molar-refractivity contribution < 1.29 is 4.79 Å². The summed E-state index contributed by atoms with van der Waals surface area (Å²) in [7, 11) is 0. The molecular formula is C14H18BrNO. The van der Waals surface area contributed by atoms with Crippen molar-refractivity contribution in [2.75, 3.05) is 11.4 Å². The van der Waals surface area contributed by atoms with E-state index in [4.69, 9.17) is 0 Å². The summed E-state index contributed by atoms with van der Waals surface area (Å²) in [6.07, 6.45) is 1.65. The standard InChI is InChI=1S/C14H18BrNO/c1-10-6-7-12(11(15)9-10)16-8-4-5-13(17)14(16,2)3/h6-7,9H,4-5,8H2,1-3H3. The van der Waals surface area contributed by atoms with E-state index in [9.17, 15) is 4.79 Å². The number of anilines is 1. The first-order valence-corrected chi connectivity index (χ1v) is 6.79. The molecule has 0 atom stereocenters. The SMILES string of the molecule is Cc1ccc(N2CCCC(=O)C2(C)C)c(Br)c1. The van der Waals surface area contributed by atoms with Gasteiger partial charge < -0.3 is 4.90 Å². The number of rotatable bonds is 1. The van der Waals surface area contributed by atoms with Gasteiger partial charge in [-0.1, -0.05) is 6.07 Å². The highest BCUT2D eigenvalue weighted by Crippen LogP contribution is 2.35. The van der Waals surface area contributed by atoms with Crippen LogP contribution in [0.5, 0.6) is 0 Å². The maximum Gasteiger partial charge on any atom is 0.157 e. The summed E-state index contributed by atoms with van der Waals surface area (Å²) in [5, 5.41) is 0. The van der Waals surface area contributed by atoms with E-state index in [1.807, 2.05) is 13.8 Å². The van der Waals surface area contributed by atoms with Crippen molar-refractivity contribution in [3.8, 4) is 0 Å². The number of piperidine rings is 1. The van der Waals surface area contributed by atoms with Crippen LogP contribution >= 0.6 is 15.9 Å². The lowest BCUT2D eigenvalue weighted by Gasteiger charge is -2.43. The molecule has 0 bridgehead atoms. The van der Waals surface area contributed by atoms with Gasteiger partial charge in [-0.3, -0.25) is 4.79 Å². The lowest BCUT2D eigenvalue weighted by Crippen LogP contribution is -2.54. The second-order valence-electron chi connectivity index (χ2n) is 5.19. The van der Waals surface area contributed by atoms with Crippen LogP contribution in [-0.4, -0.2) is 17.9 Å². The van der Waals surface area contributed by atoms with Crippen LogP contribution in [0.4, 0.5) is 5.69 Å². The Labute approximate surface area is 111 Å². The first-order chi connectivity index (χ1) is 7.93. The number of ketones is 1. The fraction of sp³-hybridized carbons (Fsp3) is 0.500. The monoisotopic (exact) mass is 295 g/mol. The molecule has 0 amide bonds. The van der Waals surface area contributed by atoms with Crippen LogP contribution in [0.1, 0.15) is 32.3 Å². The van der Waals surface area contributed by atoms with E-state index >= 15 is 0 Å². The Morgan fingerprint density at radius 3 is 2.71 bits per heavy atom. The van der Waals surface area contributed by atoms with Gasteiger partial charge in [-0.15, -0.1) is 0 Å². The predicted octanol–water partition coefficient (Wildman–Crippen LogP) is 3.71. The van der Waals surface area contributed by atoms with Gasteiger partial charge in [-0.25, -0.2) is 0 Å². The van der Waals surface area contributed by atoms with E-state index in [1.165, 1.54) is 5.56 Å². The molecular weight excluding hydrogens is 278 g/mol. The number of aryl methyl sites for hydroxylation is 1. The lowest BCUT2D eigenvalue weighted by atomic mass is 9.88. The summed E-state index contributed by atoms with van der Waals surface area (Å²) in [5.74, 6) is 0.330. The van der Waals surface area contributed by atoms with E-state index in [2.05, 4.69) is 46.0 Å². The Bertz CT molecular complexity index is 454. The quantitative estimate of drug-likeness (QED) is 0.787. The van der Waals surface area contributed by atoms with Gasteiger partial charge in [-0.05, 0) is 60.8 Å². The van der Waals surface area contributed by atoms with Gasteiger partial charge in [0.05, 0.1) is 11.2 Å². The molecule has 1 aliphatic rings. The molecule has 3 heteroatoms. The first kappa shape index (κ1) is 12.6. The highest BCUT2D eigenvalue weighted by atomic mass is 79.9. The van der Waals surface area contributed by atoms with Crippen molar-refractivity contribution in [1.82, 2.24) is 0 Å². The summed E-state index contributed by atoms with van der Waals surface area (Å²) in [6.45, 7) is 7.04. The minimum Gasteiger partial charge on any atom is -0.358 e. The average Bonchev–Trinajstić information content (AvgIpc) is 2.23. The van der Waals surface area contributed by atoms with Gasteiger partial charge in [0.15, 0.2) is 5.78 Å². The van der Waals surface area contributed by atoms with Crippen molar-refractivity contribution >= 4 is 27.4 Å². The summed E-state index contributed by atoms with van der Waals surface area (Å²) < 4.78 is 1.07. The zero-order chi connectivity index (χ0) is 12.6. The summed E-state index contributed by atoms with van der Waals surface area (Å²) in [4.78, 5) is 14.2. The molecule has 0 unspecified atom stereocenters. The number of hydrogen-bond acceptors (Lipinski definition) is 2. The molecule has 1 aliphatic heterocycles. The molecule has 1 saturated heterocycles. The fourth-order valence-electron chi connectivity index (χ4n) is 2.39. The highest BCUT2D eigenvalue weighted by molar-refractivity contribution is 9.10. The van der Waals surface area contributed by atoms with Crippen molar-refractivity contribution in [2.45, 2.75) is 39.2 Å². The lowest BCUT2D eigenvalue weighted by molar-refractivity contribution is -0.124. The predicted molar refractivity (Wildman–Crippen MR) is 74.5 cm³/mol. The molecule has 0 spiro atoms. The smallest absolute Gasteiger partial charge is 0.157 e. The number of carbonyl (C=O) groups is 1. The molecule has 2 nitrogen and oxygen atoms in total. The summed E-state index contributed by atoms with van der Waals surface area (Å²) in [6, 6.07) is 6.29. The Kier molecular flexibility index (Phi) is 3.30. The number of nitrogens with zero attached hydrogens (tertiary/aromatic N) is 1. The zero-order valence-corrected chi connectivity index (χ0v) is 12.2. The largest absolute Gasteiger partial charge is 0.358 e. The van der Waals surface area contributed by atoms with Crippen molar-refractivity contribution in [2.24, 2.45) is 0 Å². The topological polar surface area (TPSA) is 20.3 Å². The number of Topliss-reactive ketones (excluding diaryl/α,β-unsaturated/α-hetero) is 1. The van der Waals surface area contributed by atoms with E-state index < -0.39 is 5.54 Å². The Morgan fingerprint density at radius 1 is 1.35 bits per heavy atom. The number of hydrogen-bond donors (Lipinski definition) is 0. The van der Waals surface area contributed by atoms with Crippen LogP contribution in [0, 0.1) is 6.92 Å². The molecule has 0 radical (unpaired) electrons. The van der Waals surface area contributed by atoms with Crippen LogP contribution in [0.15, 0.2) is 22.7 Å². The number of carbonyl (C=O) groups excluding carboxylic acids is 1. The van der Waals surface area contributed by atoms with Gasteiger partial charge in [0.1, 0.15) is 0 Å². The maximum atomic E-state index is 12.0. The van der Waals surface area contributed by atoms with Crippen molar-refractivity contribution in [3.63, 3.8) is 0 Å². The van der Waals surface area contributed by atoms with E-state index in [0.29, 0.717) is 12.2 Å². The second kappa shape index (κ2) is 4.45. The Balaban J connectivity index is 2.41. The number of halogens is 1. The van der Waals surface area contributed by atoms with Crippen LogP contribution in [-0.2, 0) is 4.79 Å². The molecule has 0 N–H and O–H groups in total. The third-order valence-electron chi connectivity index (χ3n) is 3.54. The molecule has 0 aromatic heterocycles. The molecule has 1 aromatic carbocycles. The van der Waals surface area contributed by atoms with Gasteiger partial charge in [0.25, 0.3) is 0 Å². The van der Waals surface area contributed by atoms with E-state index in [1.54, 1.807) is 0 Å². The minimum absolute atomic E-state index is 0.330. The second-order valence-corrected chi connectivity index (χ2v) is 6.05. The third-order valence-corrected chi connectivity index (χ3v) is 4.17. The molecule has 17 heavy (non-hydrogen) atoms. The average molecular weight is 296 g/mol. The molecule has 0 aliphatic carbocycles. The molecule has 1 fully saturated rings. The maximum absolute atomic E-state index is 12.0. The third kappa shape index (κ3) is 2.25. The van der Waals surface area contributed by atoms with Crippen LogP contribution in [0.2, 0.25) is 0 Å². The van der Waals surface area contributed by atoms with Crippen LogP contribution in [0.3, 0.4) is 0 Å².